The molecule has 3 heteroatoms. The second kappa shape index (κ2) is 6.68. The lowest BCUT2D eigenvalue weighted by Crippen LogP contribution is -2.49. The number of benzene rings is 2. The maximum Gasteiger partial charge on any atom is 0.250 e. The van der Waals surface area contributed by atoms with Crippen LogP contribution in [0, 0.1) is 5.92 Å². The average Bonchev–Trinajstić information content (AvgIpc) is 2.57. The van der Waals surface area contributed by atoms with Crippen LogP contribution >= 0.6 is 0 Å². The molecule has 0 bridgehead atoms. The first kappa shape index (κ1) is 16.6. The van der Waals surface area contributed by atoms with E-state index in [0.717, 1.165) is 16.9 Å². The number of fused-ring (bicyclic) bond motifs is 1. The van der Waals surface area contributed by atoms with E-state index in [4.69, 9.17) is 0 Å². The van der Waals surface area contributed by atoms with E-state index in [1.807, 2.05) is 29.2 Å². The van der Waals surface area contributed by atoms with E-state index >= 15 is 0 Å². The molecule has 1 heterocycles. The van der Waals surface area contributed by atoms with Gasteiger partial charge in [-0.3, -0.25) is 4.79 Å². The minimum absolute atomic E-state index is 0.150. The van der Waals surface area contributed by atoms with Gasteiger partial charge in [-0.25, -0.2) is 0 Å². The summed E-state index contributed by atoms with van der Waals surface area (Å²) in [5.41, 5.74) is 4.49. The van der Waals surface area contributed by atoms with E-state index in [-0.39, 0.29) is 17.9 Å². The van der Waals surface area contributed by atoms with Crippen molar-refractivity contribution in [2.45, 2.75) is 46.2 Å². The molecule has 1 N–H and O–H groups in total. The Hall–Kier alpha value is -2.29. The van der Waals surface area contributed by atoms with E-state index in [1.165, 1.54) is 5.56 Å². The fourth-order valence-electron chi connectivity index (χ4n) is 3.15. The predicted octanol–water partition coefficient (Wildman–Crippen LogP) is 4.79. The average molecular weight is 322 g/mol. The summed E-state index contributed by atoms with van der Waals surface area (Å²) in [7, 11) is 0. The fourth-order valence-corrected chi connectivity index (χ4v) is 3.15. The summed E-state index contributed by atoms with van der Waals surface area (Å²) in [5.74, 6) is 0.916. The second-order valence-corrected chi connectivity index (χ2v) is 7.20. The van der Waals surface area contributed by atoms with Gasteiger partial charge < -0.3 is 10.2 Å². The molecular formula is C21H26N2O. The van der Waals surface area contributed by atoms with Crippen LogP contribution in [0.4, 0.5) is 11.4 Å². The summed E-state index contributed by atoms with van der Waals surface area (Å²) in [4.78, 5) is 14.9. The van der Waals surface area contributed by atoms with Crippen molar-refractivity contribution in [1.29, 1.82) is 0 Å². The van der Waals surface area contributed by atoms with Gasteiger partial charge in [0.05, 0.1) is 17.9 Å². The number of rotatable bonds is 4. The number of hydrogen-bond donors (Lipinski definition) is 1. The monoisotopic (exact) mass is 322 g/mol. The molecule has 0 saturated heterocycles. The van der Waals surface area contributed by atoms with Crippen LogP contribution in [0.25, 0.3) is 0 Å². The van der Waals surface area contributed by atoms with E-state index in [1.54, 1.807) is 0 Å². The summed E-state index contributed by atoms with van der Waals surface area (Å²) in [6.45, 7) is 9.16. The van der Waals surface area contributed by atoms with E-state index in [2.05, 4.69) is 57.3 Å². The van der Waals surface area contributed by atoms with Gasteiger partial charge in [-0.2, -0.15) is 0 Å². The highest BCUT2D eigenvalue weighted by Gasteiger charge is 2.33. The van der Waals surface area contributed by atoms with Crippen LogP contribution in [0.1, 0.15) is 44.7 Å². The standard InChI is InChI=1S/C21H26N2O/c1-14(2)17-11-9-16(10-12-17)13-23-19-8-6-5-7-18(19)22-20(15(3)4)21(23)24/h5-12,14-15,20,22H,13H2,1-4H3. The Morgan fingerprint density at radius 2 is 1.67 bits per heavy atom. The zero-order valence-electron chi connectivity index (χ0n) is 14.9. The first-order chi connectivity index (χ1) is 11.5. The summed E-state index contributed by atoms with van der Waals surface area (Å²) in [5, 5.41) is 3.39. The highest BCUT2D eigenvalue weighted by atomic mass is 16.2. The molecule has 1 amide bonds. The van der Waals surface area contributed by atoms with Crippen LogP contribution in [0.2, 0.25) is 0 Å². The molecule has 0 fully saturated rings. The van der Waals surface area contributed by atoms with E-state index in [9.17, 15) is 4.79 Å². The van der Waals surface area contributed by atoms with Gasteiger partial charge in [-0.1, -0.05) is 64.1 Å². The van der Waals surface area contributed by atoms with Gasteiger partial charge >= 0.3 is 0 Å². The summed E-state index contributed by atoms with van der Waals surface area (Å²) in [6.07, 6.45) is 0. The number of carbonyl (C=O) groups excluding carboxylic acids is 1. The van der Waals surface area contributed by atoms with Gasteiger partial charge in [0.15, 0.2) is 0 Å². The Morgan fingerprint density at radius 1 is 1.00 bits per heavy atom. The molecule has 2 aromatic rings. The van der Waals surface area contributed by atoms with Crippen LogP contribution in [0.3, 0.4) is 0 Å². The number of nitrogens with one attached hydrogen (secondary N) is 1. The van der Waals surface area contributed by atoms with Gasteiger partial charge in [0.25, 0.3) is 0 Å². The summed E-state index contributed by atoms with van der Waals surface area (Å²) < 4.78 is 0. The second-order valence-electron chi connectivity index (χ2n) is 7.20. The van der Waals surface area contributed by atoms with Crippen molar-refractivity contribution < 1.29 is 4.79 Å². The third-order valence-electron chi connectivity index (χ3n) is 4.69. The molecule has 1 unspecified atom stereocenters. The Morgan fingerprint density at radius 3 is 2.29 bits per heavy atom. The fraction of sp³-hybridized carbons (Fsp3) is 0.381. The molecule has 2 aromatic carbocycles. The minimum atomic E-state index is -0.171. The molecule has 3 nitrogen and oxygen atoms in total. The molecule has 0 saturated carbocycles. The molecule has 24 heavy (non-hydrogen) atoms. The van der Waals surface area contributed by atoms with Crippen LogP contribution in [0.15, 0.2) is 48.5 Å². The Kier molecular flexibility index (Phi) is 4.61. The van der Waals surface area contributed by atoms with Gasteiger partial charge in [-0.05, 0) is 35.1 Å². The van der Waals surface area contributed by atoms with Crippen molar-refractivity contribution in [3.8, 4) is 0 Å². The van der Waals surface area contributed by atoms with Gasteiger partial charge in [-0.15, -0.1) is 0 Å². The smallest absolute Gasteiger partial charge is 0.250 e. The zero-order chi connectivity index (χ0) is 17.3. The lowest BCUT2D eigenvalue weighted by Gasteiger charge is -2.37. The van der Waals surface area contributed by atoms with Crippen LogP contribution < -0.4 is 10.2 Å². The molecule has 0 aromatic heterocycles. The molecular weight excluding hydrogens is 296 g/mol. The van der Waals surface area contributed by atoms with E-state index < -0.39 is 0 Å². The highest BCUT2D eigenvalue weighted by Crippen LogP contribution is 2.34. The molecule has 0 spiro atoms. The normalized spacial score (nSPS) is 17.2. The van der Waals surface area contributed by atoms with Crippen LogP contribution in [-0.2, 0) is 11.3 Å². The molecule has 1 aliphatic heterocycles. The van der Waals surface area contributed by atoms with Crippen molar-refractivity contribution in [3.05, 3.63) is 59.7 Å². The van der Waals surface area contributed by atoms with Gasteiger partial charge in [0.2, 0.25) is 5.91 Å². The molecule has 1 aliphatic rings. The summed E-state index contributed by atoms with van der Waals surface area (Å²) >= 11 is 0. The Labute approximate surface area is 144 Å². The third kappa shape index (κ3) is 3.16. The predicted molar refractivity (Wildman–Crippen MR) is 100 cm³/mol. The lowest BCUT2D eigenvalue weighted by atomic mass is 9.97. The number of carbonyl (C=O) groups is 1. The number of hydrogen-bond acceptors (Lipinski definition) is 2. The first-order valence-corrected chi connectivity index (χ1v) is 8.73. The van der Waals surface area contributed by atoms with Gasteiger partial charge in [0.1, 0.15) is 6.04 Å². The number of anilines is 2. The van der Waals surface area contributed by atoms with Crippen molar-refractivity contribution in [2.75, 3.05) is 10.2 Å². The van der Waals surface area contributed by atoms with Crippen molar-refractivity contribution in [2.24, 2.45) is 5.92 Å². The molecule has 0 aliphatic carbocycles. The van der Waals surface area contributed by atoms with E-state index in [0.29, 0.717) is 12.5 Å². The first-order valence-electron chi connectivity index (χ1n) is 8.73. The number of para-hydroxylation sites is 2. The SMILES string of the molecule is CC(C)c1ccc(CN2C(=O)C(C(C)C)Nc3ccccc32)cc1. The number of nitrogens with zero attached hydrogens (tertiary/aromatic N) is 1. The molecule has 0 radical (unpaired) electrons. The highest BCUT2D eigenvalue weighted by molar-refractivity contribution is 6.04. The van der Waals surface area contributed by atoms with Crippen molar-refractivity contribution >= 4 is 17.3 Å². The maximum atomic E-state index is 13.0. The molecule has 1 atom stereocenters. The summed E-state index contributed by atoms with van der Waals surface area (Å²) in [6, 6.07) is 16.5. The Bertz CT molecular complexity index is 719. The quantitative estimate of drug-likeness (QED) is 0.877. The maximum absolute atomic E-state index is 13.0. The molecule has 126 valence electrons. The van der Waals surface area contributed by atoms with Crippen molar-refractivity contribution in [3.63, 3.8) is 0 Å². The lowest BCUT2D eigenvalue weighted by molar-refractivity contribution is -0.120. The minimum Gasteiger partial charge on any atom is -0.372 e. The van der Waals surface area contributed by atoms with Crippen LogP contribution in [0.5, 0.6) is 0 Å². The van der Waals surface area contributed by atoms with Crippen molar-refractivity contribution in [1.82, 2.24) is 0 Å². The van der Waals surface area contributed by atoms with Crippen LogP contribution in [-0.4, -0.2) is 11.9 Å². The molecule has 3 rings (SSSR count). The topological polar surface area (TPSA) is 32.3 Å². The third-order valence-corrected chi connectivity index (χ3v) is 4.69. The van der Waals surface area contributed by atoms with Gasteiger partial charge in [0, 0.05) is 0 Å². The zero-order valence-corrected chi connectivity index (χ0v) is 14.9. The largest absolute Gasteiger partial charge is 0.372 e. The Balaban J connectivity index is 1.91. The number of amides is 1.